The molecule has 1 aromatic carbocycles. The van der Waals surface area contributed by atoms with Gasteiger partial charge >= 0.3 is 18.0 Å². The zero-order valence-electron chi connectivity index (χ0n) is 9.89. The molecule has 0 saturated carbocycles. The van der Waals surface area contributed by atoms with E-state index >= 15 is 0 Å². The largest absolute Gasteiger partial charge is 0.497 e. The summed E-state index contributed by atoms with van der Waals surface area (Å²) in [5, 5.41) is 9.14. The zero-order chi connectivity index (χ0) is 15.8. The van der Waals surface area contributed by atoms with Crippen molar-refractivity contribution in [2.75, 3.05) is 7.11 Å². The average molecular weight is 306 g/mol. The molecule has 20 heavy (non-hydrogen) atoms. The topological polar surface area (TPSA) is 29.5 Å². The van der Waals surface area contributed by atoms with Crippen LogP contribution in [-0.4, -0.2) is 30.2 Å². The molecule has 1 aromatic rings. The van der Waals surface area contributed by atoms with Crippen molar-refractivity contribution in [1.29, 1.82) is 0 Å². The van der Waals surface area contributed by atoms with E-state index in [4.69, 9.17) is 5.11 Å². The van der Waals surface area contributed by atoms with Crippen molar-refractivity contribution in [1.82, 2.24) is 0 Å². The van der Waals surface area contributed by atoms with Crippen molar-refractivity contribution in [3.05, 3.63) is 29.8 Å². The van der Waals surface area contributed by atoms with Crippen LogP contribution in [0.3, 0.4) is 0 Å². The molecule has 0 saturated heterocycles. The Hall–Kier alpha value is -1.51. The fraction of sp³-hybridized carbons (Fsp3) is 0.455. The number of ether oxygens (including phenoxy) is 1. The molecule has 0 aliphatic heterocycles. The van der Waals surface area contributed by atoms with Crippen LogP contribution in [0.15, 0.2) is 24.3 Å². The molecule has 0 bridgehead atoms. The predicted molar refractivity (Wildman–Crippen MR) is 53.9 cm³/mol. The Morgan fingerprint density at radius 3 is 1.75 bits per heavy atom. The van der Waals surface area contributed by atoms with Crippen molar-refractivity contribution in [3.8, 4) is 5.75 Å². The van der Waals surface area contributed by atoms with Gasteiger partial charge in [-0.25, -0.2) is 0 Å². The van der Waals surface area contributed by atoms with E-state index in [1.165, 1.54) is 7.11 Å². The highest BCUT2D eigenvalue weighted by Crippen LogP contribution is 2.51. The number of alkyl halides is 7. The van der Waals surface area contributed by atoms with Gasteiger partial charge in [0.2, 0.25) is 0 Å². The third-order valence-corrected chi connectivity index (χ3v) is 2.55. The van der Waals surface area contributed by atoms with Crippen LogP contribution in [-0.2, 0) is 0 Å². The summed E-state index contributed by atoms with van der Waals surface area (Å²) in [5.74, 6) is -11.9. The second kappa shape index (κ2) is 5.12. The smallest absolute Gasteiger partial charge is 0.459 e. The van der Waals surface area contributed by atoms with Crippen LogP contribution in [0, 0.1) is 0 Å². The van der Waals surface area contributed by atoms with E-state index < -0.39 is 29.7 Å². The van der Waals surface area contributed by atoms with Gasteiger partial charge in [-0.1, -0.05) is 12.1 Å². The van der Waals surface area contributed by atoms with Gasteiger partial charge in [-0.3, -0.25) is 0 Å². The minimum atomic E-state index is -6.48. The lowest BCUT2D eigenvalue weighted by Crippen LogP contribution is -2.54. The van der Waals surface area contributed by atoms with Crippen LogP contribution in [0.4, 0.5) is 30.7 Å². The Bertz CT molecular complexity index is 453. The molecular weight excluding hydrogens is 297 g/mol. The number of aliphatic hydroxyl groups is 1. The minimum absolute atomic E-state index is 0.159. The van der Waals surface area contributed by atoms with Gasteiger partial charge in [0.1, 0.15) is 11.9 Å². The molecule has 2 nitrogen and oxygen atoms in total. The molecule has 0 aliphatic carbocycles. The Balaban J connectivity index is 3.13. The first-order valence-corrected chi connectivity index (χ1v) is 5.09. The summed E-state index contributed by atoms with van der Waals surface area (Å²) in [6.45, 7) is 0. The van der Waals surface area contributed by atoms with Gasteiger partial charge in [0.05, 0.1) is 7.11 Å². The van der Waals surface area contributed by atoms with Crippen LogP contribution in [0.25, 0.3) is 0 Å². The summed E-state index contributed by atoms with van der Waals surface area (Å²) in [5.41, 5.74) is -0.792. The number of hydrogen-bond donors (Lipinski definition) is 1. The lowest BCUT2D eigenvalue weighted by molar-refractivity contribution is -0.372. The molecule has 0 aromatic heterocycles. The molecule has 9 heteroatoms. The van der Waals surface area contributed by atoms with Gasteiger partial charge in [0, 0.05) is 0 Å². The van der Waals surface area contributed by atoms with Gasteiger partial charge < -0.3 is 9.84 Å². The summed E-state index contributed by atoms with van der Waals surface area (Å²) < 4.78 is 92.4. The Kier molecular flexibility index (Phi) is 4.23. The molecule has 0 heterocycles. The third-order valence-electron chi connectivity index (χ3n) is 2.55. The highest BCUT2D eigenvalue weighted by Gasteiger charge is 2.75. The Morgan fingerprint density at radius 1 is 0.950 bits per heavy atom. The van der Waals surface area contributed by atoms with E-state index in [1.807, 2.05) is 0 Å². The Labute approximate surface area is 108 Å². The monoisotopic (exact) mass is 306 g/mol. The molecule has 0 radical (unpaired) electrons. The maximum absolute atomic E-state index is 13.2. The fourth-order valence-electron chi connectivity index (χ4n) is 1.36. The van der Waals surface area contributed by atoms with Crippen molar-refractivity contribution < 1.29 is 40.6 Å². The normalized spacial score (nSPS) is 15.1. The van der Waals surface area contributed by atoms with Gasteiger partial charge in [-0.2, -0.15) is 30.7 Å². The van der Waals surface area contributed by atoms with E-state index in [1.54, 1.807) is 0 Å². The average Bonchev–Trinajstić information content (AvgIpc) is 2.36. The van der Waals surface area contributed by atoms with Crippen LogP contribution in [0.1, 0.15) is 11.7 Å². The van der Waals surface area contributed by atoms with Crippen LogP contribution < -0.4 is 4.74 Å². The quantitative estimate of drug-likeness (QED) is 0.862. The molecule has 1 N–H and O–H groups in total. The number of halogens is 7. The molecule has 0 aliphatic rings. The third kappa shape index (κ3) is 2.67. The molecular formula is C11H9F7O2. The highest BCUT2D eigenvalue weighted by atomic mass is 19.4. The first kappa shape index (κ1) is 16.5. The lowest BCUT2D eigenvalue weighted by atomic mass is 9.98. The van der Waals surface area contributed by atoms with Crippen molar-refractivity contribution >= 4 is 0 Å². The highest BCUT2D eigenvalue weighted by molar-refractivity contribution is 5.29. The molecule has 0 spiro atoms. The number of benzene rings is 1. The van der Waals surface area contributed by atoms with Crippen molar-refractivity contribution in [2.45, 2.75) is 24.1 Å². The summed E-state index contributed by atoms with van der Waals surface area (Å²) in [6.07, 6.45) is -9.80. The summed E-state index contributed by atoms with van der Waals surface area (Å²) in [7, 11) is 1.23. The first-order valence-electron chi connectivity index (χ1n) is 5.09. The van der Waals surface area contributed by atoms with Crippen LogP contribution >= 0.6 is 0 Å². The summed E-state index contributed by atoms with van der Waals surface area (Å²) >= 11 is 0. The van der Waals surface area contributed by atoms with E-state index in [0.29, 0.717) is 0 Å². The molecule has 1 rings (SSSR count). The van der Waals surface area contributed by atoms with E-state index in [0.717, 1.165) is 24.3 Å². The molecule has 114 valence electrons. The molecule has 0 fully saturated rings. The maximum Gasteiger partial charge on any atom is 0.459 e. The van der Waals surface area contributed by atoms with Gasteiger partial charge in [-0.05, 0) is 17.7 Å². The second-order valence-corrected chi connectivity index (χ2v) is 3.87. The zero-order valence-corrected chi connectivity index (χ0v) is 9.89. The van der Waals surface area contributed by atoms with Crippen molar-refractivity contribution in [2.24, 2.45) is 0 Å². The van der Waals surface area contributed by atoms with Gasteiger partial charge in [0.25, 0.3) is 0 Å². The second-order valence-electron chi connectivity index (χ2n) is 3.87. The standard InChI is InChI=1S/C11H9F7O2/c1-20-7-4-2-6(3-5-7)8(19)9(12,13)10(14,15)11(16,17)18/h2-5,8,19H,1H3. The maximum atomic E-state index is 13.2. The summed E-state index contributed by atoms with van der Waals surface area (Å²) in [4.78, 5) is 0. The Morgan fingerprint density at radius 2 is 1.40 bits per heavy atom. The lowest BCUT2D eigenvalue weighted by Gasteiger charge is -2.31. The van der Waals surface area contributed by atoms with Gasteiger partial charge in [-0.15, -0.1) is 0 Å². The van der Waals surface area contributed by atoms with E-state index in [2.05, 4.69) is 4.74 Å². The van der Waals surface area contributed by atoms with E-state index in [-0.39, 0.29) is 5.75 Å². The number of aliphatic hydroxyl groups excluding tert-OH is 1. The summed E-state index contributed by atoms with van der Waals surface area (Å²) in [6, 6.07) is 3.62. The predicted octanol–water partition coefficient (Wildman–Crippen LogP) is 3.56. The fourth-order valence-corrected chi connectivity index (χ4v) is 1.36. The molecule has 1 unspecified atom stereocenters. The number of methoxy groups -OCH3 is 1. The van der Waals surface area contributed by atoms with E-state index in [9.17, 15) is 30.7 Å². The first-order chi connectivity index (χ1) is 8.95. The molecule has 1 atom stereocenters. The minimum Gasteiger partial charge on any atom is -0.497 e. The van der Waals surface area contributed by atoms with Crippen LogP contribution in [0.5, 0.6) is 5.75 Å². The van der Waals surface area contributed by atoms with Crippen LogP contribution in [0.2, 0.25) is 0 Å². The SMILES string of the molecule is COc1ccc(C(O)C(F)(F)C(F)(F)C(F)(F)F)cc1. The number of rotatable bonds is 4. The number of hydrogen-bond acceptors (Lipinski definition) is 2. The van der Waals surface area contributed by atoms with Gasteiger partial charge in [0.15, 0.2) is 0 Å². The van der Waals surface area contributed by atoms with Crippen molar-refractivity contribution in [3.63, 3.8) is 0 Å². The molecule has 0 amide bonds.